The van der Waals surface area contributed by atoms with Crippen molar-refractivity contribution >= 4 is 17.6 Å². The average molecular weight is 491 g/mol. The summed E-state index contributed by atoms with van der Waals surface area (Å²) in [5, 5.41) is 0. The van der Waals surface area contributed by atoms with Gasteiger partial charge in [0.15, 0.2) is 13.2 Å². The molecule has 1 saturated heterocycles. The van der Waals surface area contributed by atoms with Crippen molar-refractivity contribution in [1.82, 2.24) is 4.90 Å². The van der Waals surface area contributed by atoms with E-state index in [-0.39, 0.29) is 19.1 Å². The molecule has 0 atom stereocenters. The van der Waals surface area contributed by atoms with Crippen LogP contribution in [-0.2, 0) is 20.9 Å². The predicted molar refractivity (Wildman–Crippen MR) is 135 cm³/mol. The molecule has 3 aromatic carbocycles. The number of nitrogens with zero attached hydrogens (tertiary/aromatic N) is 2. The van der Waals surface area contributed by atoms with E-state index in [2.05, 4.69) is 4.90 Å². The molecular weight excluding hydrogens is 460 g/mol. The fraction of sp³-hybridized carbons (Fsp3) is 0.286. The lowest BCUT2D eigenvalue weighted by atomic mass is 10.2. The van der Waals surface area contributed by atoms with Gasteiger partial charge in [0, 0.05) is 31.9 Å². The van der Waals surface area contributed by atoms with Crippen LogP contribution >= 0.6 is 0 Å². The van der Waals surface area contributed by atoms with Crippen molar-refractivity contribution in [3.8, 4) is 17.2 Å². The SMILES string of the molecule is COc1ccc(N2CCN(C(=O)COC(=O)COc3ccc(OCc4ccccc4)cc3)CC2)cc1. The van der Waals surface area contributed by atoms with Gasteiger partial charge in [-0.15, -0.1) is 0 Å². The molecule has 1 amide bonds. The fourth-order valence-electron chi connectivity index (χ4n) is 3.80. The summed E-state index contributed by atoms with van der Waals surface area (Å²) in [7, 11) is 1.64. The molecule has 1 heterocycles. The van der Waals surface area contributed by atoms with Crippen LogP contribution in [0.15, 0.2) is 78.9 Å². The Morgan fingerprint density at radius 2 is 1.33 bits per heavy atom. The molecule has 36 heavy (non-hydrogen) atoms. The molecule has 8 nitrogen and oxygen atoms in total. The van der Waals surface area contributed by atoms with Crippen molar-refractivity contribution in [3.05, 3.63) is 84.4 Å². The van der Waals surface area contributed by atoms with E-state index in [1.165, 1.54) is 0 Å². The van der Waals surface area contributed by atoms with Crippen molar-refractivity contribution in [2.45, 2.75) is 6.61 Å². The summed E-state index contributed by atoms with van der Waals surface area (Å²) in [5.74, 6) is 1.22. The first-order chi connectivity index (χ1) is 17.6. The van der Waals surface area contributed by atoms with Gasteiger partial charge < -0.3 is 28.7 Å². The number of rotatable bonds is 10. The van der Waals surface area contributed by atoms with E-state index in [0.29, 0.717) is 44.3 Å². The Morgan fingerprint density at radius 1 is 0.722 bits per heavy atom. The zero-order valence-corrected chi connectivity index (χ0v) is 20.3. The van der Waals surface area contributed by atoms with Crippen LogP contribution in [-0.4, -0.2) is 63.3 Å². The summed E-state index contributed by atoms with van der Waals surface area (Å²) in [6, 6.07) is 24.7. The van der Waals surface area contributed by atoms with Crippen molar-refractivity contribution < 1.29 is 28.5 Å². The molecule has 3 aromatic rings. The van der Waals surface area contributed by atoms with Gasteiger partial charge in [0.2, 0.25) is 0 Å². The van der Waals surface area contributed by atoms with Gasteiger partial charge in [0.05, 0.1) is 7.11 Å². The Bertz CT molecular complexity index is 1110. The highest BCUT2D eigenvalue weighted by Crippen LogP contribution is 2.21. The minimum Gasteiger partial charge on any atom is -0.497 e. The lowest BCUT2D eigenvalue weighted by Crippen LogP contribution is -2.50. The molecule has 4 rings (SSSR count). The lowest BCUT2D eigenvalue weighted by molar-refractivity contribution is -0.153. The van der Waals surface area contributed by atoms with Gasteiger partial charge in [0.1, 0.15) is 23.9 Å². The third kappa shape index (κ3) is 7.15. The quantitative estimate of drug-likeness (QED) is 0.402. The fourth-order valence-corrected chi connectivity index (χ4v) is 3.80. The maximum atomic E-state index is 12.5. The number of benzene rings is 3. The molecule has 188 valence electrons. The van der Waals surface area contributed by atoms with Gasteiger partial charge in [-0.05, 0) is 54.1 Å². The first-order valence-electron chi connectivity index (χ1n) is 11.8. The molecule has 0 unspecified atom stereocenters. The van der Waals surface area contributed by atoms with E-state index >= 15 is 0 Å². The number of hydrogen-bond donors (Lipinski definition) is 0. The number of piperazine rings is 1. The maximum Gasteiger partial charge on any atom is 0.344 e. The number of carbonyl (C=O) groups excluding carboxylic acids is 2. The van der Waals surface area contributed by atoms with Crippen LogP contribution in [0.2, 0.25) is 0 Å². The van der Waals surface area contributed by atoms with Gasteiger partial charge in [-0.3, -0.25) is 4.79 Å². The van der Waals surface area contributed by atoms with Gasteiger partial charge in [-0.25, -0.2) is 4.79 Å². The Kier molecular flexibility index (Phi) is 8.64. The van der Waals surface area contributed by atoms with Crippen molar-refractivity contribution in [2.24, 2.45) is 0 Å². The number of anilines is 1. The van der Waals surface area contributed by atoms with E-state index in [1.54, 1.807) is 36.3 Å². The zero-order valence-electron chi connectivity index (χ0n) is 20.3. The zero-order chi connectivity index (χ0) is 25.2. The third-order valence-corrected chi connectivity index (χ3v) is 5.86. The van der Waals surface area contributed by atoms with Gasteiger partial charge in [0.25, 0.3) is 5.91 Å². The predicted octanol–water partition coefficient (Wildman–Crippen LogP) is 3.55. The average Bonchev–Trinajstić information content (AvgIpc) is 2.95. The van der Waals surface area contributed by atoms with E-state index in [1.807, 2.05) is 54.6 Å². The second-order valence-corrected chi connectivity index (χ2v) is 8.26. The summed E-state index contributed by atoms with van der Waals surface area (Å²) in [6.45, 7) is 2.45. The molecule has 0 bridgehead atoms. The van der Waals surface area contributed by atoms with E-state index < -0.39 is 5.97 Å². The molecule has 0 aromatic heterocycles. The highest BCUT2D eigenvalue weighted by atomic mass is 16.6. The molecule has 0 radical (unpaired) electrons. The van der Waals surface area contributed by atoms with Crippen LogP contribution in [0.4, 0.5) is 5.69 Å². The number of hydrogen-bond acceptors (Lipinski definition) is 7. The highest BCUT2D eigenvalue weighted by molar-refractivity contribution is 5.81. The summed E-state index contributed by atoms with van der Waals surface area (Å²) in [6.07, 6.45) is 0. The molecule has 1 aliphatic rings. The molecule has 0 spiro atoms. The number of methoxy groups -OCH3 is 1. The summed E-state index contributed by atoms with van der Waals surface area (Å²) in [4.78, 5) is 28.4. The second kappa shape index (κ2) is 12.5. The Hall–Kier alpha value is -4.20. The van der Waals surface area contributed by atoms with Crippen molar-refractivity contribution in [2.75, 3.05) is 51.4 Å². The standard InChI is InChI=1S/C28H30N2O6/c1-33-24-9-7-23(8-10-24)29-15-17-30(18-16-29)27(31)20-36-28(32)21-35-26-13-11-25(12-14-26)34-19-22-5-3-2-4-6-22/h2-14H,15-21H2,1H3. The Morgan fingerprint density at radius 3 is 1.97 bits per heavy atom. The summed E-state index contributed by atoms with van der Waals surface area (Å²) in [5.41, 5.74) is 2.16. The maximum absolute atomic E-state index is 12.5. The van der Waals surface area contributed by atoms with Gasteiger partial charge >= 0.3 is 5.97 Å². The van der Waals surface area contributed by atoms with E-state index in [0.717, 1.165) is 17.0 Å². The van der Waals surface area contributed by atoms with Crippen LogP contribution in [0.25, 0.3) is 0 Å². The molecule has 1 aliphatic heterocycles. The summed E-state index contributed by atoms with van der Waals surface area (Å²) < 4.78 is 21.5. The second-order valence-electron chi connectivity index (χ2n) is 8.26. The highest BCUT2D eigenvalue weighted by Gasteiger charge is 2.22. The monoisotopic (exact) mass is 490 g/mol. The smallest absolute Gasteiger partial charge is 0.344 e. The molecule has 0 aliphatic carbocycles. The normalized spacial score (nSPS) is 13.1. The Labute approximate surface area is 210 Å². The largest absolute Gasteiger partial charge is 0.497 e. The number of ether oxygens (including phenoxy) is 4. The number of amides is 1. The first kappa shape index (κ1) is 24.9. The van der Waals surface area contributed by atoms with Crippen molar-refractivity contribution in [3.63, 3.8) is 0 Å². The molecule has 1 fully saturated rings. The molecule has 0 saturated carbocycles. The van der Waals surface area contributed by atoms with Gasteiger partial charge in [-0.2, -0.15) is 0 Å². The number of esters is 1. The third-order valence-electron chi connectivity index (χ3n) is 5.86. The van der Waals surface area contributed by atoms with Gasteiger partial charge in [-0.1, -0.05) is 30.3 Å². The van der Waals surface area contributed by atoms with E-state index in [9.17, 15) is 9.59 Å². The molecular formula is C28H30N2O6. The van der Waals surface area contributed by atoms with Crippen LogP contribution in [0.5, 0.6) is 17.2 Å². The summed E-state index contributed by atoms with van der Waals surface area (Å²) >= 11 is 0. The Balaban J connectivity index is 1.13. The topological polar surface area (TPSA) is 77.5 Å². The minimum absolute atomic E-state index is 0.211. The van der Waals surface area contributed by atoms with Crippen LogP contribution in [0.3, 0.4) is 0 Å². The van der Waals surface area contributed by atoms with Crippen LogP contribution < -0.4 is 19.1 Å². The lowest BCUT2D eigenvalue weighted by Gasteiger charge is -2.36. The van der Waals surface area contributed by atoms with Crippen LogP contribution in [0, 0.1) is 0 Å². The number of carbonyl (C=O) groups is 2. The van der Waals surface area contributed by atoms with Crippen LogP contribution in [0.1, 0.15) is 5.56 Å². The molecule has 8 heteroatoms. The minimum atomic E-state index is -0.593. The molecule has 0 N–H and O–H groups in total. The van der Waals surface area contributed by atoms with Crippen molar-refractivity contribution in [1.29, 1.82) is 0 Å². The van der Waals surface area contributed by atoms with E-state index in [4.69, 9.17) is 18.9 Å². The first-order valence-corrected chi connectivity index (χ1v) is 11.8.